The summed E-state index contributed by atoms with van der Waals surface area (Å²) < 4.78 is 0. The summed E-state index contributed by atoms with van der Waals surface area (Å²) in [5, 5.41) is 19.0. The predicted molar refractivity (Wildman–Crippen MR) is 62.4 cm³/mol. The number of aliphatic hydroxyl groups is 1. The second-order valence-electron chi connectivity index (χ2n) is 3.81. The molecule has 0 aromatic heterocycles. The van der Waals surface area contributed by atoms with Gasteiger partial charge in [0.25, 0.3) is 5.69 Å². The molecular weight excluding hydrogens is 206 g/mol. The van der Waals surface area contributed by atoms with Gasteiger partial charge in [-0.25, -0.2) is 0 Å². The summed E-state index contributed by atoms with van der Waals surface area (Å²) in [5.74, 6) is 0. The molecule has 1 aromatic carbocycles. The van der Waals surface area contributed by atoms with Crippen LogP contribution in [0, 0.1) is 10.1 Å². The van der Waals surface area contributed by atoms with Crippen molar-refractivity contribution in [1.82, 2.24) is 0 Å². The molecule has 0 fully saturated rings. The first kappa shape index (κ1) is 12.6. The lowest BCUT2D eigenvalue weighted by atomic mass is 10.1. The first-order valence-electron chi connectivity index (χ1n) is 5.58. The normalized spacial score (nSPS) is 10.3. The first-order chi connectivity index (χ1) is 7.74. The van der Waals surface area contributed by atoms with E-state index >= 15 is 0 Å². The van der Waals surface area contributed by atoms with Crippen LogP contribution in [0.3, 0.4) is 0 Å². The van der Waals surface area contributed by atoms with Gasteiger partial charge in [-0.3, -0.25) is 10.1 Å². The van der Waals surface area contributed by atoms with Crippen molar-refractivity contribution in [3.63, 3.8) is 0 Å². The van der Waals surface area contributed by atoms with Crippen LogP contribution >= 0.6 is 0 Å². The van der Waals surface area contributed by atoms with E-state index in [4.69, 9.17) is 5.11 Å². The van der Waals surface area contributed by atoms with Crippen molar-refractivity contribution >= 4 is 5.69 Å². The van der Waals surface area contributed by atoms with Gasteiger partial charge in [-0.15, -0.1) is 0 Å². The molecule has 0 aliphatic rings. The Hall–Kier alpha value is -1.42. The Bertz CT molecular complexity index is 322. The number of rotatable bonds is 7. The van der Waals surface area contributed by atoms with E-state index in [1.54, 1.807) is 12.1 Å². The van der Waals surface area contributed by atoms with Crippen LogP contribution in [0.1, 0.15) is 31.2 Å². The van der Waals surface area contributed by atoms with Crippen LogP contribution in [0.2, 0.25) is 0 Å². The zero-order valence-electron chi connectivity index (χ0n) is 9.26. The van der Waals surface area contributed by atoms with Gasteiger partial charge in [0, 0.05) is 18.7 Å². The van der Waals surface area contributed by atoms with Crippen LogP contribution in [0.15, 0.2) is 24.3 Å². The average Bonchev–Trinajstić information content (AvgIpc) is 2.29. The van der Waals surface area contributed by atoms with E-state index in [-0.39, 0.29) is 17.2 Å². The lowest BCUT2D eigenvalue weighted by Crippen LogP contribution is -1.90. The molecule has 1 aromatic rings. The fourth-order valence-electron chi connectivity index (χ4n) is 1.58. The van der Waals surface area contributed by atoms with Gasteiger partial charge in [0.05, 0.1) is 4.92 Å². The maximum Gasteiger partial charge on any atom is 0.269 e. The zero-order valence-corrected chi connectivity index (χ0v) is 9.26. The van der Waals surface area contributed by atoms with Gasteiger partial charge in [0.1, 0.15) is 0 Å². The van der Waals surface area contributed by atoms with Crippen molar-refractivity contribution in [3.8, 4) is 0 Å². The third-order valence-corrected chi connectivity index (χ3v) is 2.52. The molecule has 0 spiro atoms. The van der Waals surface area contributed by atoms with E-state index < -0.39 is 0 Å². The smallest absolute Gasteiger partial charge is 0.269 e. The molecule has 0 saturated heterocycles. The molecule has 4 heteroatoms. The van der Waals surface area contributed by atoms with Gasteiger partial charge >= 0.3 is 0 Å². The van der Waals surface area contributed by atoms with Crippen LogP contribution in [0.4, 0.5) is 5.69 Å². The van der Waals surface area contributed by atoms with E-state index in [9.17, 15) is 10.1 Å². The van der Waals surface area contributed by atoms with E-state index in [0.717, 1.165) is 37.7 Å². The number of aliphatic hydroxyl groups excluding tert-OH is 1. The van der Waals surface area contributed by atoms with E-state index in [2.05, 4.69) is 0 Å². The van der Waals surface area contributed by atoms with Crippen molar-refractivity contribution < 1.29 is 10.0 Å². The quantitative estimate of drug-likeness (QED) is 0.439. The van der Waals surface area contributed by atoms with Crippen LogP contribution < -0.4 is 0 Å². The summed E-state index contributed by atoms with van der Waals surface area (Å²) in [6.07, 6.45) is 5.02. The number of aryl methyl sites for hydroxylation is 1. The Morgan fingerprint density at radius 1 is 1.06 bits per heavy atom. The average molecular weight is 223 g/mol. The largest absolute Gasteiger partial charge is 0.396 e. The molecule has 88 valence electrons. The Morgan fingerprint density at radius 3 is 2.25 bits per heavy atom. The summed E-state index contributed by atoms with van der Waals surface area (Å²) >= 11 is 0. The number of nitrogens with zero attached hydrogens (tertiary/aromatic N) is 1. The van der Waals surface area contributed by atoms with Crippen LogP contribution in [-0.4, -0.2) is 16.6 Å². The van der Waals surface area contributed by atoms with Crippen molar-refractivity contribution in [2.24, 2.45) is 0 Å². The fourth-order valence-corrected chi connectivity index (χ4v) is 1.58. The maximum absolute atomic E-state index is 10.4. The maximum atomic E-state index is 10.4. The van der Waals surface area contributed by atoms with Crippen molar-refractivity contribution in [2.75, 3.05) is 6.61 Å². The molecule has 1 rings (SSSR count). The standard InChI is InChI=1S/C12H17NO3/c14-10-4-2-1-3-5-11-6-8-12(9-7-11)13(15)16/h6-9,14H,1-5,10H2. The van der Waals surface area contributed by atoms with E-state index in [1.165, 1.54) is 0 Å². The topological polar surface area (TPSA) is 63.4 Å². The minimum atomic E-state index is -0.384. The van der Waals surface area contributed by atoms with E-state index in [0.29, 0.717) is 0 Å². The third-order valence-electron chi connectivity index (χ3n) is 2.52. The summed E-state index contributed by atoms with van der Waals surface area (Å²) in [6, 6.07) is 6.71. The fraction of sp³-hybridized carbons (Fsp3) is 0.500. The lowest BCUT2D eigenvalue weighted by molar-refractivity contribution is -0.384. The van der Waals surface area contributed by atoms with Gasteiger partial charge < -0.3 is 5.11 Å². The Kier molecular flexibility index (Phi) is 5.50. The highest BCUT2D eigenvalue weighted by atomic mass is 16.6. The van der Waals surface area contributed by atoms with Crippen molar-refractivity contribution in [2.45, 2.75) is 32.1 Å². The predicted octanol–water partition coefficient (Wildman–Crippen LogP) is 2.69. The molecule has 0 aliphatic carbocycles. The van der Waals surface area contributed by atoms with Gasteiger partial charge in [-0.1, -0.05) is 25.0 Å². The molecule has 4 nitrogen and oxygen atoms in total. The number of non-ortho nitro benzene ring substituents is 1. The first-order valence-corrected chi connectivity index (χ1v) is 5.58. The minimum absolute atomic E-state index is 0.143. The van der Waals surface area contributed by atoms with Crippen molar-refractivity contribution in [1.29, 1.82) is 0 Å². The summed E-state index contributed by atoms with van der Waals surface area (Å²) in [6.45, 7) is 0.261. The minimum Gasteiger partial charge on any atom is -0.396 e. The van der Waals surface area contributed by atoms with E-state index in [1.807, 2.05) is 12.1 Å². The Balaban J connectivity index is 2.29. The molecule has 0 saturated carbocycles. The number of hydrogen-bond donors (Lipinski definition) is 1. The molecule has 1 N–H and O–H groups in total. The Morgan fingerprint density at radius 2 is 1.69 bits per heavy atom. The molecule has 16 heavy (non-hydrogen) atoms. The molecule has 0 aliphatic heterocycles. The molecule has 0 heterocycles. The highest BCUT2D eigenvalue weighted by molar-refractivity contribution is 5.32. The van der Waals surface area contributed by atoms with Gasteiger partial charge in [0.2, 0.25) is 0 Å². The van der Waals surface area contributed by atoms with Gasteiger partial charge in [-0.2, -0.15) is 0 Å². The highest BCUT2D eigenvalue weighted by Crippen LogP contribution is 2.14. The summed E-state index contributed by atoms with van der Waals surface area (Å²) in [5.41, 5.74) is 1.28. The monoisotopic (exact) mass is 223 g/mol. The number of benzene rings is 1. The van der Waals surface area contributed by atoms with Crippen LogP contribution in [0.25, 0.3) is 0 Å². The SMILES string of the molecule is O=[N+]([O-])c1ccc(CCCCCCO)cc1. The molecule has 0 atom stereocenters. The Labute approximate surface area is 95.1 Å². The highest BCUT2D eigenvalue weighted by Gasteiger charge is 2.03. The molecule has 0 unspecified atom stereocenters. The lowest BCUT2D eigenvalue weighted by Gasteiger charge is -2.01. The second-order valence-corrected chi connectivity index (χ2v) is 3.81. The van der Waals surface area contributed by atoms with Crippen LogP contribution in [-0.2, 0) is 6.42 Å². The molecule has 0 radical (unpaired) electrons. The molecular formula is C12H17NO3. The van der Waals surface area contributed by atoms with Crippen LogP contribution in [0.5, 0.6) is 0 Å². The number of nitro benzene ring substituents is 1. The zero-order chi connectivity index (χ0) is 11.8. The van der Waals surface area contributed by atoms with Gasteiger partial charge in [-0.05, 0) is 24.8 Å². The van der Waals surface area contributed by atoms with Crippen molar-refractivity contribution in [3.05, 3.63) is 39.9 Å². The molecule has 0 amide bonds. The second kappa shape index (κ2) is 6.95. The van der Waals surface area contributed by atoms with Gasteiger partial charge in [0.15, 0.2) is 0 Å². The third kappa shape index (κ3) is 4.40. The number of hydrogen-bond acceptors (Lipinski definition) is 3. The summed E-state index contributed by atoms with van der Waals surface area (Å²) in [4.78, 5) is 10.0. The summed E-state index contributed by atoms with van der Waals surface area (Å²) in [7, 11) is 0. The molecule has 0 bridgehead atoms. The number of nitro groups is 1. The number of unbranched alkanes of at least 4 members (excludes halogenated alkanes) is 3.